The van der Waals surface area contributed by atoms with Crippen LogP contribution in [0, 0.1) is 6.92 Å². The maximum atomic E-state index is 13.3. The number of nitrogens with one attached hydrogen (secondary N) is 1. The Morgan fingerprint density at radius 2 is 2.09 bits per heavy atom. The smallest absolute Gasteiger partial charge is 0.337 e. The lowest BCUT2D eigenvalue weighted by Gasteiger charge is -2.29. The standard InChI is InChI=1S/C24H26N4O4/c1-13-8-18(14(2)25-20-7-5-4-6-17(20)23(30)31)21-19(9-13)22(29)27(3)24(26-21)28-11-16-10-15(28)12-32-16/h4-9,14-16,25H,10-12H2,1-3H3,(H,30,31)/t14-,15+,16+/m1/s1. The van der Waals surface area contributed by atoms with Gasteiger partial charge in [0.15, 0.2) is 0 Å². The van der Waals surface area contributed by atoms with Crippen LogP contribution in [0.4, 0.5) is 11.6 Å². The molecule has 3 heterocycles. The molecule has 0 aliphatic carbocycles. The average molecular weight is 434 g/mol. The van der Waals surface area contributed by atoms with Crippen molar-refractivity contribution in [3.63, 3.8) is 0 Å². The van der Waals surface area contributed by atoms with Crippen LogP contribution in [-0.2, 0) is 11.8 Å². The van der Waals surface area contributed by atoms with Crippen LogP contribution in [0.3, 0.4) is 0 Å². The number of para-hydroxylation sites is 1. The Balaban J connectivity index is 1.61. The molecule has 2 fully saturated rings. The fraction of sp³-hybridized carbons (Fsp3) is 0.375. The molecule has 2 saturated heterocycles. The van der Waals surface area contributed by atoms with E-state index in [1.807, 2.05) is 26.0 Å². The van der Waals surface area contributed by atoms with Crippen molar-refractivity contribution in [3.8, 4) is 0 Å². The summed E-state index contributed by atoms with van der Waals surface area (Å²) in [4.78, 5) is 32.1. The maximum Gasteiger partial charge on any atom is 0.337 e. The summed E-state index contributed by atoms with van der Waals surface area (Å²) in [5, 5.41) is 13.4. The van der Waals surface area contributed by atoms with Crippen molar-refractivity contribution in [2.24, 2.45) is 7.05 Å². The number of carbonyl (C=O) groups is 1. The number of aromatic carboxylic acids is 1. The van der Waals surface area contributed by atoms with Crippen molar-refractivity contribution in [3.05, 3.63) is 63.4 Å². The monoisotopic (exact) mass is 434 g/mol. The van der Waals surface area contributed by atoms with Crippen molar-refractivity contribution in [2.45, 2.75) is 38.5 Å². The molecular formula is C24H26N4O4. The van der Waals surface area contributed by atoms with Gasteiger partial charge in [0.1, 0.15) is 0 Å². The van der Waals surface area contributed by atoms with Crippen LogP contribution in [0.5, 0.6) is 0 Å². The second-order valence-electron chi connectivity index (χ2n) is 8.74. The van der Waals surface area contributed by atoms with E-state index in [1.165, 1.54) is 0 Å². The van der Waals surface area contributed by atoms with E-state index in [-0.39, 0.29) is 29.3 Å². The van der Waals surface area contributed by atoms with Crippen molar-refractivity contribution >= 4 is 28.5 Å². The van der Waals surface area contributed by atoms with Crippen LogP contribution in [0.25, 0.3) is 10.9 Å². The number of morpholine rings is 1. The first-order chi connectivity index (χ1) is 15.3. The van der Waals surface area contributed by atoms with E-state index in [0.29, 0.717) is 29.1 Å². The zero-order valence-electron chi connectivity index (χ0n) is 18.3. The molecule has 0 amide bonds. The normalized spacial score (nSPS) is 20.7. The lowest BCUT2D eigenvalue weighted by Crippen LogP contribution is -2.41. The van der Waals surface area contributed by atoms with Gasteiger partial charge in [0.05, 0.1) is 41.3 Å². The van der Waals surface area contributed by atoms with Crippen LogP contribution in [0.15, 0.2) is 41.2 Å². The van der Waals surface area contributed by atoms with Gasteiger partial charge in [-0.2, -0.15) is 0 Å². The highest BCUT2D eigenvalue weighted by molar-refractivity contribution is 5.94. The Bertz CT molecular complexity index is 1280. The molecule has 2 aliphatic rings. The molecule has 2 bridgehead atoms. The van der Waals surface area contributed by atoms with Gasteiger partial charge in [0.2, 0.25) is 5.95 Å². The van der Waals surface area contributed by atoms with Crippen molar-refractivity contribution < 1.29 is 14.6 Å². The predicted octanol–water partition coefficient (Wildman–Crippen LogP) is 3.09. The highest BCUT2D eigenvalue weighted by Gasteiger charge is 2.40. The summed E-state index contributed by atoms with van der Waals surface area (Å²) < 4.78 is 7.35. The fourth-order valence-electron chi connectivity index (χ4n) is 4.88. The van der Waals surface area contributed by atoms with Gasteiger partial charge < -0.3 is 20.1 Å². The first-order valence-corrected chi connectivity index (χ1v) is 10.8. The fourth-order valence-corrected chi connectivity index (χ4v) is 4.88. The van der Waals surface area contributed by atoms with Crippen LogP contribution >= 0.6 is 0 Å². The maximum absolute atomic E-state index is 13.3. The van der Waals surface area contributed by atoms with Gasteiger partial charge in [0, 0.05) is 24.8 Å². The summed E-state index contributed by atoms with van der Waals surface area (Å²) in [5.74, 6) is -0.337. The Labute approximate surface area is 185 Å². The molecule has 5 rings (SSSR count). The SMILES string of the molecule is Cc1cc([C@@H](C)Nc2ccccc2C(=O)O)c2nc(N3C[C@@H]4C[C@H]3CO4)n(C)c(=O)c2c1. The lowest BCUT2D eigenvalue weighted by molar-refractivity contribution is 0.0698. The van der Waals surface area contributed by atoms with Crippen molar-refractivity contribution in [2.75, 3.05) is 23.4 Å². The van der Waals surface area contributed by atoms with E-state index in [0.717, 1.165) is 24.1 Å². The molecule has 32 heavy (non-hydrogen) atoms. The van der Waals surface area contributed by atoms with E-state index >= 15 is 0 Å². The minimum Gasteiger partial charge on any atom is -0.478 e. The summed E-state index contributed by atoms with van der Waals surface area (Å²) in [7, 11) is 1.77. The Hall–Kier alpha value is -3.39. The highest BCUT2D eigenvalue weighted by atomic mass is 16.5. The van der Waals surface area contributed by atoms with Gasteiger partial charge in [-0.1, -0.05) is 18.2 Å². The summed E-state index contributed by atoms with van der Waals surface area (Å²) in [5.41, 5.74) is 3.10. The Kier molecular flexibility index (Phi) is 4.89. The molecular weight excluding hydrogens is 408 g/mol. The largest absolute Gasteiger partial charge is 0.478 e. The first-order valence-electron chi connectivity index (χ1n) is 10.8. The van der Waals surface area contributed by atoms with Gasteiger partial charge >= 0.3 is 5.97 Å². The number of rotatable bonds is 5. The van der Waals surface area contributed by atoms with Gasteiger partial charge in [-0.05, 0) is 44.0 Å². The number of ether oxygens (including phenoxy) is 1. The van der Waals surface area contributed by atoms with Crippen molar-refractivity contribution in [1.29, 1.82) is 0 Å². The molecule has 2 N–H and O–H groups in total. The topological polar surface area (TPSA) is 96.7 Å². The highest BCUT2D eigenvalue weighted by Crippen LogP contribution is 2.33. The summed E-state index contributed by atoms with van der Waals surface area (Å²) in [6.07, 6.45) is 1.15. The number of hydrogen-bond acceptors (Lipinski definition) is 6. The summed E-state index contributed by atoms with van der Waals surface area (Å²) >= 11 is 0. The number of aromatic nitrogens is 2. The molecule has 2 aromatic carbocycles. The molecule has 3 atom stereocenters. The molecule has 2 aliphatic heterocycles. The second kappa shape index (κ2) is 7.63. The number of fused-ring (bicyclic) bond motifs is 3. The van der Waals surface area contributed by atoms with Crippen LogP contribution in [0.1, 0.15) is 40.9 Å². The van der Waals surface area contributed by atoms with E-state index in [9.17, 15) is 14.7 Å². The number of hydrogen-bond donors (Lipinski definition) is 2. The molecule has 166 valence electrons. The molecule has 1 aromatic heterocycles. The van der Waals surface area contributed by atoms with E-state index < -0.39 is 5.97 Å². The molecule has 0 spiro atoms. The average Bonchev–Trinajstić information content (AvgIpc) is 3.40. The lowest BCUT2D eigenvalue weighted by atomic mass is 10.0. The third kappa shape index (κ3) is 3.31. The molecule has 3 aromatic rings. The van der Waals surface area contributed by atoms with Gasteiger partial charge in [-0.3, -0.25) is 9.36 Å². The van der Waals surface area contributed by atoms with E-state index in [1.54, 1.807) is 35.9 Å². The Morgan fingerprint density at radius 1 is 1.31 bits per heavy atom. The number of aryl methyl sites for hydroxylation is 1. The second-order valence-corrected chi connectivity index (χ2v) is 8.74. The number of nitrogens with zero attached hydrogens (tertiary/aromatic N) is 3. The summed E-state index contributed by atoms with van der Waals surface area (Å²) in [6, 6.07) is 10.7. The molecule has 8 nitrogen and oxygen atoms in total. The Morgan fingerprint density at radius 3 is 2.78 bits per heavy atom. The molecule has 0 radical (unpaired) electrons. The number of carboxylic acids is 1. The van der Waals surface area contributed by atoms with Gasteiger partial charge in [0.25, 0.3) is 5.56 Å². The first kappa shape index (κ1) is 20.5. The van der Waals surface area contributed by atoms with Gasteiger partial charge in [-0.15, -0.1) is 0 Å². The number of benzene rings is 2. The molecule has 0 unspecified atom stereocenters. The van der Waals surface area contributed by atoms with Crippen LogP contribution in [0.2, 0.25) is 0 Å². The third-order valence-corrected chi connectivity index (χ3v) is 6.48. The zero-order chi connectivity index (χ0) is 22.6. The zero-order valence-corrected chi connectivity index (χ0v) is 18.3. The predicted molar refractivity (Wildman–Crippen MR) is 123 cm³/mol. The number of carboxylic acid groups (broad SMARTS) is 1. The van der Waals surface area contributed by atoms with Crippen molar-refractivity contribution in [1.82, 2.24) is 9.55 Å². The molecule has 8 heteroatoms. The minimum absolute atomic E-state index is 0.0863. The van der Waals surface area contributed by atoms with Gasteiger partial charge in [-0.25, -0.2) is 9.78 Å². The molecule has 0 saturated carbocycles. The van der Waals surface area contributed by atoms with Crippen LogP contribution in [-0.4, -0.2) is 45.9 Å². The quantitative estimate of drug-likeness (QED) is 0.637. The number of anilines is 2. The summed E-state index contributed by atoms with van der Waals surface area (Å²) in [6.45, 7) is 5.29. The minimum atomic E-state index is -0.991. The third-order valence-electron chi connectivity index (χ3n) is 6.48. The van der Waals surface area contributed by atoms with E-state index in [2.05, 4.69) is 10.2 Å². The van der Waals surface area contributed by atoms with Crippen LogP contribution < -0.4 is 15.8 Å². The van der Waals surface area contributed by atoms with E-state index in [4.69, 9.17) is 9.72 Å².